The van der Waals surface area contributed by atoms with E-state index in [9.17, 15) is 0 Å². The molecule has 2 N–H and O–H groups in total. The van der Waals surface area contributed by atoms with Crippen LogP contribution >= 0.6 is 9.39 Å². The zero-order valence-corrected chi connectivity index (χ0v) is 9.20. The van der Waals surface area contributed by atoms with Gasteiger partial charge in [-0.2, -0.15) is 0 Å². The highest BCUT2D eigenvalue weighted by molar-refractivity contribution is 7.13. The van der Waals surface area contributed by atoms with Gasteiger partial charge in [-0.05, 0) is 25.8 Å². The normalized spacial score (nSPS) is 19.9. The van der Waals surface area contributed by atoms with E-state index in [1.807, 2.05) is 0 Å². The lowest BCUT2D eigenvalue weighted by Gasteiger charge is -2.25. The third-order valence-electron chi connectivity index (χ3n) is 2.30. The van der Waals surface area contributed by atoms with Gasteiger partial charge in [0.2, 0.25) is 0 Å². The van der Waals surface area contributed by atoms with Gasteiger partial charge in [0.25, 0.3) is 0 Å². The van der Waals surface area contributed by atoms with Crippen molar-refractivity contribution in [1.82, 2.24) is 4.67 Å². The van der Waals surface area contributed by atoms with Gasteiger partial charge < -0.3 is 5.73 Å². The molecular formula is C8H21N2P. The standard InChI is InChI=1S/C8H21N2P/c1-6(5-10(4)11)7(2)8(3)9/h6-8H,5,9,11H2,1-4H3. The molecule has 4 atom stereocenters. The SMILES string of the molecule is CC(N)C(C)C(C)CN(C)P. The molecule has 0 amide bonds. The average Bonchev–Trinajstić information content (AvgIpc) is 1.84. The Hall–Kier alpha value is 0.350. The maximum atomic E-state index is 5.79. The van der Waals surface area contributed by atoms with Gasteiger partial charge in [-0.3, -0.25) is 4.67 Å². The van der Waals surface area contributed by atoms with E-state index in [2.05, 4.69) is 41.9 Å². The highest BCUT2D eigenvalue weighted by atomic mass is 31.0. The van der Waals surface area contributed by atoms with E-state index >= 15 is 0 Å². The smallest absolute Gasteiger partial charge is 0.00419 e. The molecule has 0 fully saturated rings. The maximum Gasteiger partial charge on any atom is 0.00419 e. The van der Waals surface area contributed by atoms with Gasteiger partial charge in [0.15, 0.2) is 0 Å². The third-order valence-corrected chi connectivity index (χ3v) is 2.51. The number of nitrogens with zero attached hydrogens (tertiary/aromatic N) is 1. The van der Waals surface area contributed by atoms with Gasteiger partial charge in [-0.25, -0.2) is 0 Å². The largest absolute Gasteiger partial charge is 0.328 e. The summed E-state index contributed by atoms with van der Waals surface area (Å²) in [5.41, 5.74) is 5.79. The quantitative estimate of drug-likeness (QED) is 0.655. The minimum absolute atomic E-state index is 0.301. The van der Waals surface area contributed by atoms with Crippen LogP contribution in [0.3, 0.4) is 0 Å². The lowest BCUT2D eigenvalue weighted by atomic mass is 9.90. The molecule has 0 aliphatic heterocycles. The molecule has 0 radical (unpaired) electrons. The third kappa shape index (κ3) is 4.73. The van der Waals surface area contributed by atoms with Crippen molar-refractivity contribution in [2.24, 2.45) is 17.6 Å². The first-order valence-electron chi connectivity index (χ1n) is 4.16. The van der Waals surface area contributed by atoms with Crippen molar-refractivity contribution in [2.45, 2.75) is 26.8 Å². The van der Waals surface area contributed by atoms with Gasteiger partial charge in [-0.15, -0.1) is 0 Å². The molecule has 0 rings (SSSR count). The molecule has 0 saturated heterocycles. The molecule has 0 aromatic carbocycles. The second-order valence-electron chi connectivity index (χ2n) is 3.64. The van der Waals surface area contributed by atoms with E-state index in [4.69, 9.17) is 5.73 Å². The van der Waals surface area contributed by atoms with E-state index in [0.717, 1.165) is 6.54 Å². The van der Waals surface area contributed by atoms with Crippen LogP contribution in [0, 0.1) is 11.8 Å². The summed E-state index contributed by atoms with van der Waals surface area (Å²) in [4.78, 5) is 0. The monoisotopic (exact) mass is 176 g/mol. The zero-order chi connectivity index (χ0) is 9.02. The summed E-state index contributed by atoms with van der Waals surface area (Å²) in [6.45, 7) is 7.62. The van der Waals surface area contributed by atoms with Gasteiger partial charge in [-0.1, -0.05) is 23.2 Å². The van der Waals surface area contributed by atoms with E-state index in [-0.39, 0.29) is 0 Å². The molecule has 0 heterocycles. The fourth-order valence-corrected chi connectivity index (χ4v) is 1.47. The van der Waals surface area contributed by atoms with Crippen molar-refractivity contribution in [1.29, 1.82) is 0 Å². The molecule has 68 valence electrons. The number of nitrogens with two attached hydrogens (primary N) is 1. The Morgan fingerprint density at radius 3 is 2.09 bits per heavy atom. The molecule has 0 aliphatic carbocycles. The fraction of sp³-hybridized carbons (Fsp3) is 1.00. The summed E-state index contributed by atoms with van der Waals surface area (Å²) in [6, 6.07) is 0.301. The van der Waals surface area contributed by atoms with Crippen LogP contribution < -0.4 is 5.73 Å². The topological polar surface area (TPSA) is 29.3 Å². The lowest BCUT2D eigenvalue weighted by Crippen LogP contribution is -2.32. The molecule has 11 heavy (non-hydrogen) atoms. The minimum Gasteiger partial charge on any atom is -0.328 e. The molecule has 4 unspecified atom stereocenters. The van der Waals surface area contributed by atoms with Crippen LogP contribution in [-0.4, -0.2) is 24.3 Å². The van der Waals surface area contributed by atoms with Crippen molar-refractivity contribution in [3.63, 3.8) is 0 Å². The van der Waals surface area contributed by atoms with Crippen molar-refractivity contribution in [3.05, 3.63) is 0 Å². The minimum atomic E-state index is 0.301. The number of rotatable bonds is 4. The van der Waals surface area contributed by atoms with Crippen LogP contribution in [0.5, 0.6) is 0 Å². The Morgan fingerprint density at radius 2 is 1.82 bits per heavy atom. The van der Waals surface area contributed by atoms with Crippen molar-refractivity contribution in [2.75, 3.05) is 13.6 Å². The molecule has 0 spiro atoms. The molecule has 0 bridgehead atoms. The van der Waals surface area contributed by atoms with Gasteiger partial charge in [0, 0.05) is 12.6 Å². The van der Waals surface area contributed by atoms with E-state index < -0.39 is 0 Å². The molecule has 0 saturated carbocycles. The Balaban J connectivity index is 3.73. The molecule has 3 heteroatoms. The number of hydrogen-bond donors (Lipinski definition) is 1. The van der Waals surface area contributed by atoms with Gasteiger partial charge >= 0.3 is 0 Å². The van der Waals surface area contributed by atoms with Gasteiger partial charge in [0.1, 0.15) is 0 Å². The molecule has 0 aliphatic rings. The lowest BCUT2D eigenvalue weighted by molar-refractivity contribution is 0.296. The summed E-state index contributed by atoms with van der Waals surface area (Å²) in [5.74, 6) is 1.26. The summed E-state index contributed by atoms with van der Waals surface area (Å²) in [7, 11) is 4.74. The molecule has 2 nitrogen and oxygen atoms in total. The molecule has 0 aromatic rings. The Kier molecular flexibility index (Phi) is 5.24. The highest BCUT2D eigenvalue weighted by Gasteiger charge is 2.16. The van der Waals surface area contributed by atoms with Crippen LogP contribution in [0.25, 0.3) is 0 Å². The maximum absolute atomic E-state index is 5.79. The first kappa shape index (κ1) is 11.4. The molecule has 0 aromatic heterocycles. The van der Waals surface area contributed by atoms with Crippen molar-refractivity contribution >= 4 is 9.39 Å². The second kappa shape index (κ2) is 5.08. The Morgan fingerprint density at radius 1 is 1.36 bits per heavy atom. The van der Waals surface area contributed by atoms with E-state index in [1.165, 1.54) is 0 Å². The van der Waals surface area contributed by atoms with Crippen LogP contribution in [0.1, 0.15) is 20.8 Å². The van der Waals surface area contributed by atoms with Crippen LogP contribution in [0.2, 0.25) is 0 Å². The first-order valence-corrected chi connectivity index (χ1v) is 4.68. The Labute approximate surface area is 72.8 Å². The average molecular weight is 176 g/mol. The van der Waals surface area contributed by atoms with E-state index in [1.54, 1.807) is 0 Å². The van der Waals surface area contributed by atoms with E-state index in [0.29, 0.717) is 17.9 Å². The number of hydrogen-bond acceptors (Lipinski definition) is 2. The zero-order valence-electron chi connectivity index (χ0n) is 8.04. The summed E-state index contributed by atoms with van der Waals surface area (Å²) >= 11 is 0. The van der Waals surface area contributed by atoms with Crippen LogP contribution in [-0.2, 0) is 0 Å². The molecular weight excluding hydrogens is 155 g/mol. The second-order valence-corrected chi connectivity index (χ2v) is 4.52. The fourth-order valence-electron chi connectivity index (χ4n) is 1.14. The van der Waals surface area contributed by atoms with Crippen molar-refractivity contribution in [3.8, 4) is 0 Å². The van der Waals surface area contributed by atoms with Gasteiger partial charge in [0.05, 0.1) is 0 Å². The predicted molar refractivity (Wildman–Crippen MR) is 54.3 cm³/mol. The predicted octanol–water partition coefficient (Wildman–Crippen LogP) is 1.33. The summed E-state index contributed by atoms with van der Waals surface area (Å²) in [5, 5.41) is 0. The van der Waals surface area contributed by atoms with Crippen LogP contribution in [0.4, 0.5) is 0 Å². The Bertz CT molecular complexity index is 104. The highest BCUT2D eigenvalue weighted by Crippen LogP contribution is 2.15. The van der Waals surface area contributed by atoms with Crippen LogP contribution in [0.15, 0.2) is 0 Å². The van der Waals surface area contributed by atoms with Crippen molar-refractivity contribution < 1.29 is 0 Å². The summed E-state index contributed by atoms with van der Waals surface area (Å²) in [6.07, 6.45) is 0. The summed E-state index contributed by atoms with van der Waals surface area (Å²) < 4.78 is 2.13. The first-order chi connectivity index (χ1) is 4.95.